The number of rotatable bonds is 3. The normalized spacial score (nSPS) is 11.9. The molecule has 0 nitrogen and oxygen atoms in total. The van der Waals surface area contributed by atoms with Crippen LogP contribution in [0.5, 0.6) is 0 Å². The Labute approximate surface area is 224 Å². The molecular weight excluding hydrogens is 513 g/mol. The van der Waals surface area contributed by atoms with Gasteiger partial charge in [0.1, 0.15) is 0 Å². The van der Waals surface area contributed by atoms with Gasteiger partial charge >= 0.3 is 0 Å². The van der Waals surface area contributed by atoms with Gasteiger partial charge in [0.05, 0.1) is 9.40 Å². The second kappa shape index (κ2) is 8.12. The fourth-order valence-corrected chi connectivity index (χ4v) is 9.69. The van der Waals surface area contributed by atoms with E-state index in [2.05, 4.69) is 109 Å². The Morgan fingerprint density at radius 3 is 1.86 bits per heavy atom. The molecule has 0 fully saturated rings. The third-order valence-corrected chi connectivity index (χ3v) is 11.5. The number of benzene rings is 4. The molecule has 4 heterocycles. The van der Waals surface area contributed by atoms with Gasteiger partial charge in [-0.25, -0.2) is 0 Å². The molecule has 0 saturated heterocycles. The van der Waals surface area contributed by atoms with Crippen LogP contribution in [-0.2, 0) is 0 Å². The van der Waals surface area contributed by atoms with Gasteiger partial charge in [-0.15, -0.1) is 45.3 Å². The fraction of sp³-hybridized carbons (Fsp3) is 0. The van der Waals surface area contributed by atoms with E-state index < -0.39 is 0 Å². The first kappa shape index (κ1) is 20.9. The zero-order valence-electron chi connectivity index (χ0n) is 19.0. The van der Waals surface area contributed by atoms with Crippen molar-refractivity contribution in [3.8, 4) is 32.0 Å². The van der Waals surface area contributed by atoms with Crippen molar-refractivity contribution in [2.24, 2.45) is 0 Å². The van der Waals surface area contributed by atoms with Crippen LogP contribution in [-0.4, -0.2) is 0 Å². The largest absolute Gasteiger partial charge is 0.143 e. The van der Waals surface area contributed by atoms with Gasteiger partial charge in [-0.1, -0.05) is 72.8 Å². The minimum absolute atomic E-state index is 1.28. The quantitative estimate of drug-likeness (QED) is 0.213. The number of hydrogen-bond donors (Lipinski definition) is 0. The van der Waals surface area contributed by atoms with Crippen molar-refractivity contribution in [1.29, 1.82) is 0 Å². The van der Waals surface area contributed by atoms with Gasteiger partial charge in [0.15, 0.2) is 0 Å². The molecule has 36 heavy (non-hydrogen) atoms. The maximum absolute atomic E-state index is 2.38. The lowest BCUT2D eigenvalue weighted by atomic mass is 10.0. The number of thiophene rings is 4. The van der Waals surface area contributed by atoms with E-state index in [1.807, 2.05) is 45.3 Å². The molecule has 8 aromatic rings. The third-order valence-electron chi connectivity index (χ3n) is 6.84. The molecule has 8 rings (SSSR count). The van der Waals surface area contributed by atoms with Gasteiger partial charge in [-0.05, 0) is 52.4 Å². The Balaban J connectivity index is 1.14. The molecule has 0 spiro atoms. The summed E-state index contributed by atoms with van der Waals surface area (Å²) in [4.78, 5) is 2.63. The van der Waals surface area contributed by atoms with Crippen LogP contribution in [0.2, 0.25) is 0 Å². The van der Waals surface area contributed by atoms with Gasteiger partial charge in [-0.2, -0.15) is 0 Å². The van der Waals surface area contributed by atoms with Crippen molar-refractivity contribution < 1.29 is 0 Å². The minimum atomic E-state index is 1.28. The van der Waals surface area contributed by atoms with Crippen LogP contribution < -0.4 is 0 Å². The molecule has 0 N–H and O–H groups in total. The Bertz CT molecular complexity index is 2040. The number of hydrogen-bond acceptors (Lipinski definition) is 4. The molecular formula is C32H18S4. The van der Waals surface area contributed by atoms with E-state index in [1.165, 1.54) is 71.7 Å². The van der Waals surface area contributed by atoms with E-state index in [0.717, 1.165) is 0 Å². The molecule has 0 radical (unpaired) electrons. The van der Waals surface area contributed by atoms with E-state index in [-0.39, 0.29) is 0 Å². The molecule has 0 bridgehead atoms. The van der Waals surface area contributed by atoms with Gasteiger partial charge in [0, 0.05) is 45.6 Å². The summed E-state index contributed by atoms with van der Waals surface area (Å²) in [6.07, 6.45) is 0. The lowest BCUT2D eigenvalue weighted by molar-refractivity contribution is 1.68. The van der Waals surface area contributed by atoms with Crippen molar-refractivity contribution >= 4 is 85.0 Å². The molecule has 4 aromatic heterocycles. The highest BCUT2D eigenvalue weighted by Gasteiger charge is 2.14. The second-order valence-electron chi connectivity index (χ2n) is 8.96. The van der Waals surface area contributed by atoms with Crippen LogP contribution in [0, 0.1) is 0 Å². The molecule has 4 heteroatoms. The molecule has 4 aromatic carbocycles. The summed E-state index contributed by atoms with van der Waals surface area (Å²) in [7, 11) is 0. The highest BCUT2D eigenvalue weighted by molar-refractivity contribution is 7.36. The predicted molar refractivity (Wildman–Crippen MR) is 164 cm³/mol. The van der Waals surface area contributed by atoms with Crippen LogP contribution in [0.4, 0.5) is 0 Å². The molecule has 0 unspecified atom stereocenters. The van der Waals surface area contributed by atoms with E-state index in [9.17, 15) is 0 Å². The summed E-state index contributed by atoms with van der Waals surface area (Å²) in [5, 5.41) is 6.38. The molecule has 0 atom stereocenters. The summed E-state index contributed by atoms with van der Waals surface area (Å²) in [6.45, 7) is 0. The number of fused-ring (bicyclic) bond motifs is 6. The first-order valence-electron chi connectivity index (χ1n) is 11.8. The Hall–Kier alpha value is -3.28. The molecule has 0 saturated carbocycles. The highest BCUT2D eigenvalue weighted by atomic mass is 32.1. The second-order valence-corrected chi connectivity index (χ2v) is 13.1. The van der Waals surface area contributed by atoms with Gasteiger partial charge in [-0.3, -0.25) is 0 Å². The van der Waals surface area contributed by atoms with Crippen molar-refractivity contribution in [2.45, 2.75) is 0 Å². The lowest BCUT2D eigenvalue weighted by Gasteiger charge is -2.03. The SMILES string of the molecule is c1ccc2c(-c3ccc(-c4ccc(-c5ccc6c(c5)sc5c7ccccc7sc65)s4)cc3)csc2c1. The van der Waals surface area contributed by atoms with Crippen molar-refractivity contribution in [3.63, 3.8) is 0 Å². The molecule has 0 amide bonds. The van der Waals surface area contributed by atoms with Crippen LogP contribution in [0.15, 0.2) is 109 Å². The Morgan fingerprint density at radius 1 is 0.417 bits per heavy atom. The first-order chi connectivity index (χ1) is 17.8. The van der Waals surface area contributed by atoms with Gasteiger partial charge in [0.25, 0.3) is 0 Å². The van der Waals surface area contributed by atoms with E-state index in [1.54, 1.807) is 0 Å². The van der Waals surface area contributed by atoms with E-state index >= 15 is 0 Å². The summed E-state index contributed by atoms with van der Waals surface area (Å²) in [5.41, 5.74) is 5.19. The minimum Gasteiger partial charge on any atom is -0.143 e. The van der Waals surface area contributed by atoms with Crippen LogP contribution >= 0.6 is 45.3 Å². The lowest BCUT2D eigenvalue weighted by Crippen LogP contribution is -1.77. The zero-order valence-corrected chi connectivity index (χ0v) is 22.3. The third kappa shape index (κ3) is 3.23. The topological polar surface area (TPSA) is 0 Å². The smallest absolute Gasteiger partial charge is 0.0542 e. The molecule has 0 aliphatic carbocycles. The maximum atomic E-state index is 2.38. The average molecular weight is 531 g/mol. The molecule has 0 aliphatic rings. The summed E-state index contributed by atoms with van der Waals surface area (Å²) < 4.78 is 6.95. The first-order valence-corrected chi connectivity index (χ1v) is 15.2. The van der Waals surface area contributed by atoms with Gasteiger partial charge < -0.3 is 0 Å². The summed E-state index contributed by atoms with van der Waals surface area (Å²) >= 11 is 7.53. The molecule has 170 valence electrons. The van der Waals surface area contributed by atoms with Gasteiger partial charge in [0.2, 0.25) is 0 Å². The Kier molecular flexibility index (Phi) is 4.71. The predicted octanol–water partition coefficient (Wildman–Crippen LogP) is 11.5. The van der Waals surface area contributed by atoms with Crippen molar-refractivity contribution in [2.75, 3.05) is 0 Å². The monoisotopic (exact) mass is 530 g/mol. The Morgan fingerprint density at radius 2 is 1.03 bits per heavy atom. The van der Waals surface area contributed by atoms with Crippen molar-refractivity contribution in [1.82, 2.24) is 0 Å². The average Bonchev–Trinajstić information content (AvgIpc) is 3.71. The standard InChI is InChI=1S/C32H18S4/c1-3-7-28-22(5-1)25(18-33-28)19-9-11-20(12-10-19)26-15-16-27(34-26)21-13-14-24-30(17-21)36-31-23-6-2-4-8-29(23)35-32(24)31/h1-18H. The van der Waals surface area contributed by atoms with E-state index in [4.69, 9.17) is 0 Å². The fourth-order valence-electron chi connectivity index (χ4n) is 5.02. The summed E-state index contributed by atoms with van der Waals surface area (Å²) in [6, 6.07) is 38.0. The maximum Gasteiger partial charge on any atom is 0.0542 e. The van der Waals surface area contributed by atoms with Crippen molar-refractivity contribution in [3.05, 3.63) is 109 Å². The highest BCUT2D eigenvalue weighted by Crippen LogP contribution is 2.46. The van der Waals surface area contributed by atoms with E-state index in [0.29, 0.717) is 0 Å². The van der Waals surface area contributed by atoms with Crippen LogP contribution in [0.3, 0.4) is 0 Å². The summed E-state index contributed by atoms with van der Waals surface area (Å²) in [5.74, 6) is 0. The van der Waals surface area contributed by atoms with Crippen LogP contribution in [0.1, 0.15) is 0 Å². The molecule has 0 aliphatic heterocycles. The van der Waals surface area contributed by atoms with Crippen LogP contribution in [0.25, 0.3) is 71.7 Å². The zero-order chi connectivity index (χ0) is 23.6.